The normalized spacial score (nSPS) is 11.2. The average Bonchev–Trinajstić information content (AvgIpc) is 2.60. The number of rotatable bonds is 5. The minimum absolute atomic E-state index is 0.0312. The Labute approximate surface area is 159 Å². The fourth-order valence-corrected chi connectivity index (χ4v) is 2.60. The molecule has 0 fully saturated rings. The van der Waals surface area contributed by atoms with Gasteiger partial charge in [-0.1, -0.05) is 23.7 Å². The standard InChI is InChI=1S/C19H18ClF3N2O2/c1-25(2)18(27)13-6-3-12(4-7-13)5-10-17(26)24-14-8-9-16(20)15(11-14)19(21,22)23/h3-4,6-9,11H,5,10H2,1-2H3,(H,24,26). The van der Waals surface area contributed by atoms with Crippen LogP contribution in [0.5, 0.6) is 0 Å². The lowest BCUT2D eigenvalue weighted by Gasteiger charge is -2.12. The molecular formula is C19H18ClF3N2O2. The summed E-state index contributed by atoms with van der Waals surface area (Å²) >= 11 is 5.55. The molecule has 0 spiro atoms. The van der Waals surface area contributed by atoms with Crippen molar-refractivity contribution in [3.8, 4) is 0 Å². The Kier molecular flexibility index (Phi) is 6.49. The van der Waals surface area contributed by atoms with Crippen LogP contribution >= 0.6 is 11.6 Å². The quantitative estimate of drug-likeness (QED) is 0.798. The molecule has 0 aliphatic carbocycles. The summed E-state index contributed by atoms with van der Waals surface area (Å²) in [5, 5.41) is 2.01. The molecule has 0 aliphatic rings. The average molecular weight is 399 g/mol. The molecule has 0 heterocycles. The van der Waals surface area contributed by atoms with E-state index in [1.807, 2.05) is 0 Å². The van der Waals surface area contributed by atoms with E-state index in [0.717, 1.165) is 17.7 Å². The monoisotopic (exact) mass is 398 g/mol. The molecule has 4 nitrogen and oxygen atoms in total. The van der Waals surface area contributed by atoms with Crippen molar-refractivity contribution in [2.75, 3.05) is 19.4 Å². The number of benzene rings is 2. The van der Waals surface area contributed by atoms with Crippen molar-refractivity contribution in [1.82, 2.24) is 4.90 Å². The zero-order valence-corrected chi connectivity index (χ0v) is 15.5. The zero-order chi connectivity index (χ0) is 20.2. The maximum Gasteiger partial charge on any atom is 0.417 e. The molecular weight excluding hydrogens is 381 g/mol. The summed E-state index contributed by atoms with van der Waals surface area (Å²) in [6.45, 7) is 0. The number of halogens is 4. The van der Waals surface area contributed by atoms with Crippen molar-refractivity contribution >= 4 is 29.1 Å². The Morgan fingerprint density at radius 3 is 2.26 bits per heavy atom. The number of nitrogens with zero attached hydrogens (tertiary/aromatic N) is 1. The van der Waals surface area contributed by atoms with Crippen LogP contribution in [0.15, 0.2) is 42.5 Å². The van der Waals surface area contributed by atoms with Crippen LogP contribution < -0.4 is 5.32 Å². The molecule has 0 saturated heterocycles. The maximum absolute atomic E-state index is 12.9. The van der Waals surface area contributed by atoms with Crippen LogP contribution in [0.25, 0.3) is 0 Å². The first-order chi connectivity index (χ1) is 12.6. The van der Waals surface area contributed by atoms with E-state index in [1.54, 1.807) is 38.4 Å². The molecule has 0 atom stereocenters. The number of aryl methyl sites for hydroxylation is 1. The van der Waals surface area contributed by atoms with E-state index >= 15 is 0 Å². The molecule has 2 aromatic carbocycles. The molecule has 144 valence electrons. The number of nitrogens with one attached hydrogen (secondary N) is 1. The Bertz CT molecular complexity index is 834. The molecule has 0 radical (unpaired) electrons. The summed E-state index contributed by atoms with van der Waals surface area (Å²) < 4.78 is 38.6. The largest absolute Gasteiger partial charge is 0.417 e. The molecule has 8 heteroatoms. The summed E-state index contributed by atoms with van der Waals surface area (Å²) in [4.78, 5) is 25.3. The molecule has 27 heavy (non-hydrogen) atoms. The third-order valence-corrected chi connectivity index (χ3v) is 4.13. The number of hydrogen-bond donors (Lipinski definition) is 1. The number of hydrogen-bond acceptors (Lipinski definition) is 2. The van der Waals surface area contributed by atoms with Gasteiger partial charge in [-0.15, -0.1) is 0 Å². The van der Waals surface area contributed by atoms with Crippen LogP contribution in [0.3, 0.4) is 0 Å². The second-order valence-corrected chi connectivity index (χ2v) is 6.54. The SMILES string of the molecule is CN(C)C(=O)c1ccc(CCC(=O)Nc2ccc(Cl)c(C(F)(F)F)c2)cc1. The van der Waals surface area contributed by atoms with Crippen molar-refractivity contribution in [2.24, 2.45) is 0 Å². The van der Waals surface area contributed by atoms with Crippen LogP contribution in [0.4, 0.5) is 18.9 Å². The van der Waals surface area contributed by atoms with Gasteiger partial charge in [-0.2, -0.15) is 13.2 Å². The van der Waals surface area contributed by atoms with Crippen molar-refractivity contribution in [2.45, 2.75) is 19.0 Å². The van der Waals surface area contributed by atoms with Crippen molar-refractivity contribution in [3.63, 3.8) is 0 Å². The van der Waals surface area contributed by atoms with Gasteiger partial charge < -0.3 is 10.2 Å². The first-order valence-electron chi connectivity index (χ1n) is 8.05. The van der Waals surface area contributed by atoms with Gasteiger partial charge in [0.2, 0.25) is 5.91 Å². The highest BCUT2D eigenvalue weighted by molar-refractivity contribution is 6.31. The third-order valence-electron chi connectivity index (χ3n) is 3.80. The van der Waals surface area contributed by atoms with Gasteiger partial charge in [-0.3, -0.25) is 9.59 Å². The highest BCUT2D eigenvalue weighted by atomic mass is 35.5. The predicted octanol–water partition coefficient (Wildman–Crippen LogP) is 4.63. The fraction of sp³-hybridized carbons (Fsp3) is 0.263. The molecule has 2 aromatic rings. The van der Waals surface area contributed by atoms with Crippen LogP contribution in [0.2, 0.25) is 5.02 Å². The molecule has 0 bridgehead atoms. The molecule has 0 unspecified atom stereocenters. The van der Waals surface area contributed by atoms with Gasteiger partial charge in [-0.25, -0.2) is 0 Å². The lowest BCUT2D eigenvalue weighted by molar-refractivity contribution is -0.137. The molecule has 0 aliphatic heterocycles. The Hall–Kier alpha value is -2.54. The lowest BCUT2D eigenvalue weighted by Crippen LogP contribution is -2.21. The fourth-order valence-electron chi connectivity index (χ4n) is 2.37. The Balaban J connectivity index is 1.96. The smallest absolute Gasteiger partial charge is 0.345 e. The molecule has 0 saturated carbocycles. The minimum atomic E-state index is -4.59. The van der Waals surface area contributed by atoms with Crippen molar-refractivity contribution in [3.05, 3.63) is 64.2 Å². The van der Waals surface area contributed by atoms with Crippen LogP contribution in [-0.4, -0.2) is 30.8 Å². The second kappa shape index (κ2) is 8.43. The van der Waals surface area contributed by atoms with Gasteiger partial charge in [0.1, 0.15) is 0 Å². The number of amides is 2. The van der Waals surface area contributed by atoms with E-state index in [9.17, 15) is 22.8 Å². The van der Waals surface area contributed by atoms with E-state index < -0.39 is 22.7 Å². The minimum Gasteiger partial charge on any atom is -0.345 e. The van der Waals surface area contributed by atoms with E-state index in [2.05, 4.69) is 5.32 Å². The summed E-state index contributed by atoms with van der Waals surface area (Å²) in [6.07, 6.45) is -4.11. The van der Waals surface area contributed by atoms with E-state index in [-0.39, 0.29) is 18.0 Å². The van der Waals surface area contributed by atoms with Crippen LogP contribution in [0, 0.1) is 0 Å². The summed E-state index contributed by atoms with van der Waals surface area (Å²) in [5.74, 6) is -0.540. The van der Waals surface area contributed by atoms with Gasteiger partial charge in [-0.05, 0) is 42.3 Å². The number of carbonyl (C=O) groups excluding carboxylic acids is 2. The lowest BCUT2D eigenvalue weighted by atomic mass is 10.1. The molecule has 2 amide bonds. The van der Waals surface area contributed by atoms with Gasteiger partial charge in [0.05, 0.1) is 10.6 Å². The first kappa shape index (κ1) is 20.8. The number of anilines is 1. The van der Waals surface area contributed by atoms with E-state index in [4.69, 9.17) is 11.6 Å². The van der Waals surface area contributed by atoms with Crippen LogP contribution in [-0.2, 0) is 17.4 Å². The second-order valence-electron chi connectivity index (χ2n) is 6.14. The summed E-state index contributed by atoms with van der Waals surface area (Å²) in [5.41, 5.74) is 0.411. The first-order valence-corrected chi connectivity index (χ1v) is 8.43. The Morgan fingerprint density at radius 2 is 1.70 bits per heavy atom. The summed E-state index contributed by atoms with van der Waals surface area (Å²) in [7, 11) is 3.31. The van der Waals surface area contributed by atoms with Gasteiger partial charge >= 0.3 is 6.18 Å². The van der Waals surface area contributed by atoms with Crippen LogP contribution in [0.1, 0.15) is 27.9 Å². The van der Waals surface area contributed by atoms with Gasteiger partial charge in [0.15, 0.2) is 0 Å². The predicted molar refractivity (Wildman–Crippen MR) is 97.9 cm³/mol. The maximum atomic E-state index is 12.9. The van der Waals surface area contributed by atoms with Crippen molar-refractivity contribution in [1.29, 1.82) is 0 Å². The van der Waals surface area contributed by atoms with Gasteiger partial charge in [0, 0.05) is 31.8 Å². The third kappa shape index (κ3) is 5.72. The molecule has 0 aromatic heterocycles. The van der Waals surface area contributed by atoms with E-state index in [1.165, 1.54) is 11.0 Å². The highest BCUT2D eigenvalue weighted by Gasteiger charge is 2.33. The molecule has 1 N–H and O–H groups in total. The highest BCUT2D eigenvalue weighted by Crippen LogP contribution is 2.36. The summed E-state index contributed by atoms with van der Waals surface area (Å²) in [6, 6.07) is 10.1. The molecule has 2 rings (SSSR count). The Morgan fingerprint density at radius 1 is 1.07 bits per heavy atom. The van der Waals surface area contributed by atoms with Gasteiger partial charge in [0.25, 0.3) is 5.91 Å². The van der Waals surface area contributed by atoms with E-state index in [0.29, 0.717) is 12.0 Å². The van der Waals surface area contributed by atoms with Crippen molar-refractivity contribution < 1.29 is 22.8 Å². The topological polar surface area (TPSA) is 49.4 Å². The number of carbonyl (C=O) groups is 2. The zero-order valence-electron chi connectivity index (χ0n) is 14.7. The number of alkyl halides is 3.